The van der Waals surface area contributed by atoms with Gasteiger partial charge in [-0.3, -0.25) is 10.1 Å². The van der Waals surface area contributed by atoms with Gasteiger partial charge >= 0.3 is 0 Å². The van der Waals surface area contributed by atoms with E-state index in [-0.39, 0.29) is 5.69 Å². The largest absolute Gasteiger partial charge is 0.494 e. The van der Waals surface area contributed by atoms with Crippen LogP contribution in [0.15, 0.2) is 18.2 Å². The molecule has 1 aromatic rings. The topological polar surface area (TPSA) is 64.4 Å². The van der Waals surface area contributed by atoms with Crippen molar-refractivity contribution in [3.05, 3.63) is 28.3 Å². The first-order valence-corrected chi connectivity index (χ1v) is 6.18. The van der Waals surface area contributed by atoms with Gasteiger partial charge in [-0.2, -0.15) is 0 Å². The van der Waals surface area contributed by atoms with Gasteiger partial charge in [0.15, 0.2) is 0 Å². The molecular weight excluding hydrogens is 232 g/mol. The fourth-order valence-electron chi connectivity index (χ4n) is 1.75. The summed E-state index contributed by atoms with van der Waals surface area (Å²) in [5.41, 5.74) is 1.17. The van der Waals surface area contributed by atoms with Crippen LogP contribution in [0.1, 0.15) is 26.7 Å². The van der Waals surface area contributed by atoms with Crippen molar-refractivity contribution in [2.75, 3.05) is 18.5 Å². The molecule has 0 unspecified atom stereocenters. The SMILES string of the molecule is CCOc1cc(NCC2(C)CC2)cc([N+](=O)[O-])c1. The molecule has 0 saturated heterocycles. The third-order valence-electron chi connectivity index (χ3n) is 3.24. The Morgan fingerprint density at radius 2 is 2.17 bits per heavy atom. The van der Waals surface area contributed by atoms with Gasteiger partial charge in [-0.05, 0) is 25.2 Å². The van der Waals surface area contributed by atoms with Crippen molar-refractivity contribution in [2.45, 2.75) is 26.7 Å². The summed E-state index contributed by atoms with van der Waals surface area (Å²) in [6, 6.07) is 4.81. The molecule has 0 atom stereocenters. The van der Waals surface area contributed by atoms with E-state index >= 15 is 0 Å². The highest BCUT2D eigenvalue weighted by molar-refractivity contribution is 5.56. The highest BCUT2D eigenvalue weighted by Crippen LogP contribution is 2.44. The van der Waals surface area contributed by atoms with E-state index in [0.29, 0.717) is 17.8 Å². The molecule has 0 spiro atoms. The van der Waals surface area contributed by atoms with Gasteiger partial charge in [0.05, 0.1) is 17.6 Å². The lowest BCUT2D eigenvalue weighted by molar-refractivity contribution is -0.384. The van der Waals surface area contributed by atoms with Crippen molar-refractivity contribution < 1.29 is 9.66 Å². The molecule has 18 heavy (non-hydrogen) atoms. The van der Waals surface area contributed by atoms with E-state index in [0.717, 1.165) is 12.2 Å². The molecule has 5 heteroatoms. The second-order valence-electron chi connectivity index (χ2n) is 5.07. The normalized spacial score (nSPS) is 16.1. The lowest BCUT2D eigenvalue weighted by Gasteiger charge is -2.12. The minimum Gasteiger partial charge on any atom is -0.494 e. The lowest BCUT2D eigenvalue weighted by Crippen LogP contribution is -2.11. The molecule has 1 aliphatic rings. The molecule has 0 heterocycles. The fraction of sp³-hybridized carbons (Fsp3) is 0.538. The summed E-state index contributed by atoms with van der Waals surface area (Å²) < 4.78 is 5.34. The number of ether oxygens (including phenoxy) is 1. The number of benzene rings is 1. The van der Waals surface area contributed by atoms with E-state index in [9.17, 15) is 10.1 Å². The molecular formula is C13H18N2O3. The summed E-state index contributed by atoms with van der Waals surface area (Å²) in [6.07, 6.45) is 2.43. The number of non-ortho nitro benzene ring substituents is 1. The summed E-state index contributed by atoms with van der Waals surface area (Å²) in [4.78, 5) is 10.4. The standard InChI is InChI=1S/C13H18N2O3/c1-3-18-12-7-10(6-11(8-12)15(16)17)14-9-13(2)4-5-13/h6-8,14H,3-5,9H2,1-2H3. The molecule has 0 aromatic heterocycles. The zero-order chi connectivity index (χ0) is 13.2. The molecule has 1 saturated carbocycles. The van der Waals surface area contributed by atoms with Crippen molar-refractivity contribution in [2.24, 2.45) is 5.41 Å². The van der Waals surface area contributed by atoms with Crippen molar-refractivity contribution in [1.29, 1.82) is 0 Å². The van der Waals surface area contributed by atoms with E-state index < -0.39 is 4.92 Å². The molecule has 1 N–H and O–H groups in total. The van der Waals surface area contributed by atoms with Crippen LogP contribution >= 0.6 is 0 Å². The Morgan fingerprint density at radius 1 is 1.44 bits per heavy atom. The van der Waals surface area contributed by atoms with E-state index in [1.165, 1.54) is 18.9 Å². The van der Waals surface area contributed by atoms with Crippen molar-refractivity contribution >= 4 is 11.4 Å². The van der Waals surface area contributed by atoms with Gasteiger partial charge in [0, 0.05) is 24.4 Å². The van der Waals surface area contributed by atoms with Crippen LogP contribution in [-0.4, -0.2) is 18.1 Å². The molecule has 0 amide bonds. The number of hydrogen-bond donors (Lipinski definition) is 1. The fourth-order valence-corrected chi connectivity index (χ4v) is 1.75. The van der Waals surface area contributed by atoms with Crippen molar-refractivity contribution in [3.8, 4) is 5.75 Å². The van der Waals surface area contributed by atoms with Crippen LogP contribution in [0.2, 0.25) is 0 Å². The number of nitrogens with zero attached hydrogens (tertiary/aromatic N) is 1. The Morgan fingerprint density at radius 3 is 2.72 bits per heavy atom. The molecule has 1 aliphatic carbocycles. The summed E-state index contributed by atoms with van der Waals surface area (Å²) in [5.74, 6) is 0.537. The van der Waals surface area contributed by atoms with Gasteiger partial charge in [0.25, 0.3) is 5.69 Å². The summed E-state index contributed by atoms with van der Waals surface area (Å²) in [6.45, 7) is 5.41. The third-order valence-corrected chi connectivity index (χ3v) is 3.24. The highest BCUT2D eigenvalue weighted by Gasteiger charge is 2.36. The maximum atomic E-state index is 10.8. The molecule has 1 fully saturated rings. The quantitative estimate of drug-likeness (QED) is 0.622. The number of nitrogens with one attached hydrogen (secondary N) is 1. The average molecular weight is 250 g/mol. The zero-order valence-electron chi connectivity index (χ0n) is 10.7. The van der Waals surface area contributed by atoms with Gasteiger partial charge in [-0.1, -0.05) is 6.92 Å². The predicted molar refractivity (Wildman–Crippen MR) is 70.1 cm³/mol. The van der Waals surface area contributed by atoms with Gasteiger partial charge in [-0.15, -0.1) is 0 Å². The van der Waals surface area contributed by atoms with Crippen LogP contribution < -0.4 is 10.1 Å². The van der Waals surface area contributed by atoms with E-state index in [1.54, 1.807) is 6.07 Å². The Kier molecular flexibility index (Phi) is 3.41. The molecule has 1 aromatic carbocycles. The van der Waals surface area contributed by atoms with E-state index in [1.807, 2.05) is 13.0 Å². The van der Waals surface area contributed by atoms with Gasteiger partial charge in [0.2, 0.25) is 0 Å². The number of nitro groups is 1. The van der Waals surface area contributed by atoms with Crippen molar-refractivity contribution in [1.82, 2.24) is 0 Å². The van der Waals surface area contributed by atoms with Gasteiger partial charge in [-0.25, -0.2) is 0 Å². The second kappa shape index (κ2) is 4.84. The first-order chi connectivity index (χ1) is 8.52. The molecule has 2 rings (SSSR count). The number of hydrogen-bond acceptors (Lipinski definition) is 4. The average Bonchev–Trinajstić information content (AvgIpc) is 3.06. The predicted octanol–water partition coefficient (Wildman–Crippen LogP) is 3.21. The van der Waals surface area contributed by atoms with Gasteiger partial charge < -0.3 is 10.1 Å². The maximum Gasteiger partial charge on any atom is 0.275 e. The van der Waals surface area contributed by atoms with Gasteiger partial charge in [0.1, 0.15) is 5.75 Å². The lowest BCUT2D eigenvalue weighted by atomic mass is 10.1. The Hall–Kier alpha value is -1.78. The monoisotopic (exact) mass is 250 g/mol. The minimum absolute atomic E-state index is 0.0596. The maximum absolute atomic E-state index is 10.8. The highest BCUT2D eigenvalue weighted by atomic mass is 16.6. The molecule has 0 aliphatic heterocycles. The molecule has 5 nitrogen and oxygen atoms in total. The Labute approximate surface area is 106 Å². The number of anilines is 1. The summed E-state index contributed by atoms with van der Waals surface area (Å²) in [7, 11) is 0. The zero-order valence-corrected chi connectivity index (χ0v) is 10.7. The van der Waals surface area contributed by atoms with Crippen molar-refractivity contribution in [3.63, 3.8) is 0 Å². The molecule has 0 radical (unpaired) electrons. The third kappa shape index (κ3) is 3.12. The summed E-state index contributed by atoms with van der Waals surface area (Å²) >= 11 is 0. The smallest absolute Gasteiger partial charge is 0.275 e. The van der Waals surface area contributed by atoms with Crippen LogP contribution in [0.3, 0.4) is 0 Å². The van der Waals surface area contributed by atoms with Crippen LogP contribution in [-0.2, 0) is 0 Å². The van der Waals surface area contributed by atoms with Crippen LogP contribution in [0.4, 0.5) is 11.4 Å². The molecule has 0 bridgehead atoms. The Balaban J connectivity index is 2.13. The minimum atomic E-state index is -0.396. The second-order valence-corrected chi connectivity index (χ2v) is 5.07. The van der Waals surface area contributed by atoms with Crippen LogP contribution in [0.5, 0.6) is 5.75 Å². The van der Waals surface area contributed by atoms with E-state index in [2.05, 4.69) is 12.2 Å². The summed E-state index contributed by atoms with van der Waals surface area (Å²) in [5, 5.41) is 14.1. The number of nitro benzene ring substituents is 1. The first kappa shape index (κ1) is 12.7. The Bertz CT molecular complexity index is 456. The van der Waals surface area contributed by atoms with Crippen LogP contribution in [0.25, 0.3) is 0 Å². The molecule has 98 valence electrons. The van der Waals surface area contributed by atoms with E-state index in [4.69, 9.17) is 4.74 Å². The number of rotatable bonds is 6. The van der Waals surface area contributed by atoms with Crippen LogP contribution in [0, 0.1) is 15.5 Å². The first-order valence-electron chi connectivity index (χ1n) is 6.18.